The lowest BCUT2D eigenvalue weighted by Crippen LogP contribution is -2.36. The van der Waals surface area contributed by atoms with Gasteiger partial charge in [-0.05, 0) is 12.8 Å². The van der Waals surface area contributed by atoms with Crippen LogP contribution in [0.4, 0.5) is 4.79 Å². The van der Waals surface area contributed by atoms with Crippen molar-refractivity contribution in [3.05, 3.63) is 0 Å². The number of carbonyl (C=O) groups is 2. The van der Waals surface area contributed by atoms with Crippen molar-refractivity contribution in [2.45, 2.75) is 43.0 Å². The van der Waals surface area contributed by atoms with E-state index in [0.717, 1.165) is 25.0 Å². The lowest BCUT2D eigenvalue weighted by Gasteiger charge is -2.16. The number of rotatable bonds is 5. The van der Waals surface area contributed by atoms with E-state index in [0.29, 0.717) is 5.25 Å². The van der Waals surface area contributed by atoms with E-state index in [4.69, 9.17) is 14.7 Å². The third-order valence-electron chi connectivity index (χ3n) is 3.07. The van der Waals surface area contributed by atoms with E-state index in [-0.39, 0.29) is 30.7 Å². The Hall–Kier alpha value is -1.53. The zero-order chi connectivity index (χ0) is 14.3. The molecule has 106 valence electrons. The third kappa shape index (κ3) is 4.92. The Morgan fingerprint density at radius 3 is 2.68 bits per heavy atom. The Labute approximate surface area is 114 Å². The van der Waals surface area contributed by atoms with Gasteiger partial charge in [-0.2, -0.15) is 21.4 Å². The van der Waals surface area contributed by atoms with E-state index >= 15 is 0 Å². The summed E-state index contributed by atoms with van der Waals surface area (Å²) in [5.74, 6) is 0.236. The Kier molecular flexibility index (Phi) is 6.38. The average molecular weight is 288 g/mol. The summed E-state index contributed by atoms with van der Waals surface area (Å²) >= 11 is 1.87. The molecule has 2 saturated heterocycles. The molecule has 0 aromatic rings. The van der Waals surface area contributed by atoms with Gasteiger partial charge in [-0.25, -0.2) is 4.79 Å². The fraction of sp³-hybridized carbons (Fsp3) is 0.727. The zero-order valence-corrected chi connectivity index (χ0v) is 11.1. The number of hydrogen-bond donors (Lipinski definition) is 3. The van der Waals surface area contributed by atoms with Crippen LogP contribution in [0.25, 0.3) is 0 Å². The van der Waals surface area contributed by atoms with Crippen LogP contribution in [0.2, 0.25) is 0 Å². The number of nitrogens with one attached hydrogen (secondary N) is 2. The molecule has 2 amide bonds. The highest BCUT2D eigenvalue weighted by Gasteiger charge is 2.42. The number of fused-ring (bicyclic) bond motifs is 1. The molecule has 0 aliphatic carbocycles. The summed E-state index contributed by atoms with van der Waals surface area (Å²) in [6.45, 7) is 0. The highest BCUT2D eigenvalue weighted by Crippen LogP contribution is 2.33. The predicted molar refractivity (Wildman–Crippen MR) is 66.6 cm³/mol. The minimum absolute atomic E-state index is 0.0640. The van der Waals surface area contributed by atoms with Gasteiger partial charge in [0.1, 0.15) is 0 Å². The fourth-order valence-electron chi connectivity index (χ4n) is 2.26. The highest BCUT2D eigenvalue weighted by atomic mass is 32.2. The number of aliphatic carboxylic acids is 1. The van der Waals surface area contributed by atoms with Crippen molar-refractivity contribution in [3.63, 3.8) is 0 Å². The molecule has 3 atom stereocenters. The second-order valence-corrected chi connectivity index (χ2v) is 5.62. The number of thioether (sulfide) groups is 1. The lowest BCUT2D eigenvalue weighted by atomic mass is 10.0. The van der Waals surface area contributed by atoms with Gasteiger partial charge < -0.3 is 15.7 Å². The van der Waals surface area contributed by atoms with Crippen molar-refractivity contribution in [2.24, 2.45) is 0 Å². The van der Waals surface area contributed by atoms with E-state index in [1.165, 1.54) is 0 Å². The molecule has 0 spiro atoms. The molecule has 19 heavy (non-hydrogen) atoms. The molecule has 0 bridgehead atoms. The molecular formula is C11H16N2O5S. The second-order valence-electron chi connectivity index (χ2n) is 4.34. The normalized spacial score (nSPS) is 27.4. The largest absolute Gasteiger partial charge is 0.481 e. The van der Waals surface area contributed by atoms with Gasteiger partial charge in [-0.3, -0.25) is 4.79 Å². The molecule has 0 saturated carbocycles. The van der Waals surface area contributed by atoms with Crippen molar-refractivity contribution in [3.8, 4) is 0 Å². The number of carbonyl (C=O) groups excluding carboxylic acids is 3. The standard InChI is InChI=1S/C10H16N2O3S.CO2/c13-8(14)4-2-1-3-7-9-6(5-16-7)11-10(15)12-9;2-1-3/h6-7,9H,1-5H2,(H,13,14)(H2,11,12,15);/t6-,7-,9-;/m1./s1. The molecule has 2 aliphatic heterocycles. The van der Waals surface area contributed by atoms with Crippen LogP contribution in [0.1, 0.15) is 25.7 Å². The van der Waals surface area contributed by atoms with Gasteiger partial charge in [0.25, 0.3) is 0 Å². The summed E-state index contributed by atoms with van der Waals surface area (Å²) in [5.41, 5.74) is 0. The molecule has 3 N–H and O–H groups in total. The van der Waals surface area contributed by atoms with Crippen molar-refractivity contribution in [1.82, 2.24) is 10.6 Å². The summed E-state index contributed by atoms with van der Waals surface area (Å²) in [7, 11) is 0. The maximum absolute atomic E-state index is 11.1. The van der Waals surface area contributed by atoms with E-state index in [2.05, 4.69) is 10.6 Å². The molecule has 2 heterocycles. The number of unbranched alkanes of at least 4 members (excludes halogenated alkanes) is 1. The maximum atomic E-state index is 11.1. The molecule has 0 aromatic heterocycles. The third-order valence-corrected chi connectivity index (χ3v) is 4.58. The summed E-state index contributed by atoms with van der Waals surface area (Å²) in [5, 5.41) is 14.8. The molecule has 2 aliphatic rings. The van der Waals surface area contributed by atoms with Crippen molar-refractivity contribution < 1.29 is 24.3 Å². The minimum atomic E-state index is -0.729. The number of amides is 2. The van der Waals surface area contributed by atoms with Gasteiger partial charge in [0, 0.05) is 17.4 Å². The van der Waals surface area contributed by atoms with Crippen LogP contribution < -0.4 is 10.6 Å². The molecule has 2 fully saturated rings. The minimum Gasteiger partial charge on any atom is -0.481 e. The first-order valence-electron chi connectivity index (χ1n) is 5.98. The first kappa shape index (κ1) is 15.5. The van der Waals surface area contributed by atoms with Crippen LogP contribution in [0.15, 0.2) is 0 Å². The van der Waals surface area contributed by atoms with Crippen LogP contribution in [0, 0.1) is 0 Å². The van der Waals surface area contributed by atoms with E-state index in [9.17, 15) is 9.59 Å². The lowest BCUT2D eigenvalue weighted by molar-refractivity contribution is -0.191. The quantitative estimate of drug-likeness (QED) is 0.492. The van der Waals surface area contributed by atoms with Gasteiger partial charge >= 0.3 is 18.2 Å². The average Bonchev–Trinajstić information content (AvgIpc) is 2.85. The SMILES string of the molecule is O=C(O)CCCC[C@H]1SC[C@H]2NC(=O)N[C@H]21.O=C=O. The van der Waals surface area contributed by atoms with Crippen molar-refractivity contribution >= 4 is 29.9 Å². The molecule has 0 unspecified atom stereocenters. The summed E-state index contributed by atoms with van der Waals surface area (Å²) in [6.07, 6.45) is 3.13. The topological polar surface area (TPSA) is 113 Å². The Morgan fingerprint density at radius 2 is 2.05 bits per heavy atom. The molecule has 0 aromatic carbocycles. The zero-order valence-electron chi connectivity index (χ0n) is 10.3. The van der Waals surface area contributed by atoms with Crippen LogP contribution in [0.3, 0.4) is 0 Å². The van der Waals surface area contributed by atoms with Gasteiger partial charge in [0.2, 0.25) is 0 Å². The monoisotopic (exact) mass is 288 g/mol. The Balaban J connectivity index is 0.000000550. The van der Waals surface area contributed by atoms with Gasteiger partial charge in [-0.15, -0.1) is 0 Å². The van der Waals surface area contributed by atoms with E-state index < -0.39 is 5.97 Å². The second kappa shape index (κ2) is 7.81. The van der Waals surface area contributed by atoms with Gasteiger partial charge in [0.05, 0.1) is 12.1 Å². The van der Waals surface area contributed by atoms with Gasteiger partial charge in [0.15, 0.2) is 0 Å². The van der Waals surface area contributed by atoms with Crippen molar-refractivity contribution in [2.75, 3.05) is 5.75 Å². The summed E-state index contributed by atoms with van der Waals surface area (Å²) in [6, 6.07) is 0.440. The number of hydrogen-bond acceptors (Lipinski definition) is 5. The Bertz CT molecular complexity index is 370. The fourth-order valence-corrected chi connectivity index (χ4v) is 3.81. The molecule has 2 rings (SSSR count). The molecule has 0 radical (unpaired) electrons. The van der Waals surface area contributed by atoms with E-state index in [1.807, 2.05) is 11.8 Å². The smallest absolute Gasteiger partial charge is 0.373 e. The van der Waals surface area contributed by atoms with Crippen molar-refractivity contribution in [1.29, 1.82) is 0 Å². The molecule has 8 heteroatoms. The number of carboxylic acid groups (broad SMARTS) is 1. The summed E-state index contributed by atoms with van der Waals surface area (Å²) < 4.78 is 0. The molecular weight excluding hydrogens is 272 g/mol. The Morgan fingerprint density at radius 1 is 1.37 bits per heavy atom. The van der Waals surface area contributed by atoms with Crippen LogP contribution in [0.5, 0.6) is 0 Å². The number of urea groups is 1. The first-order valence-corrected chi connectivity index (χ1v) is 7.03. The highest BCUT2D eigenvalue weighted by molar-refractivity contribution is 8.00. The van der Waals surface area contributed by atoms with E-state index in [1.54, 1.807) is 0 Å². The first-order chi connectivity index (χ1) is 9.08. The number of carboxylic acids is 1. The maximum Gasteiger partial charge on any atom is 0.373 e. The summed E-state index contributed by atoms with van der Waals surface area (Å²) in [4.78, 5) is 37.7. The van der Waals surface area contributed by atoms with Crippen LogP contribution in [-0.2, 0) is 14.4 Å². The molecule has 7 nitrogen and oxygen atoms in total. The van der Waals surface area contributed by atoms with Crippen LogP contribution in [-0.4, -0.2) is 46.3 Å². The van der Waals surface area contributed by atoms with Gasteiger partial charge in [-0.1, -0.05) is 6.42 Å². The predicted octanol–water partition coefficient (Wildman–Crippen LogP) is 0.213. The van der Waals surface area contributed by atoms with Crippen LogP contribution >= 0.6 is 11.8 Å².